The molecule has 0 aliphatic heterocycles. The van der Waals surface area contributed by atoms with Gasteiger partial charge in [0.15, 0.2) is 4.96 Å². The molecular weight excluding hydrogens is 288 g/mol. The van der Waals surface area contributed by atoms with Crippen molar-refractivity contribution in [2.45, 2.75) is 20.4 Å². The van der Waals surface area contributed by atoms with E-state index in [1.165, 1.54) is 6.07 Å². The van der Waals surface area contributed by atoms with E-state index in [1.54, 1.807) is 23.5 Å². The van der Waals surface area contributed by atoms with Crippen molar-refractivity contribution in [1.29, 1.82) is 0 Å². The molecule has 0 fully saturated rings. The Balaban J connectivity index is 1.83. The third kappa shape index (κ3) is 2.47. The molecule has 2 heterocycles. The third-order valence-electron chi connectivity index (χ3n) is 3.43. The average Bonchev–Trinajstić information content (AvgIpc) is 2.98. The minimum Gasteiger partial charge on any atom is -0.379 e. The zero-order chi connectivity index (χ0) is 15.0. The maximum atomic E-state index is 10.7. The number of nitrogens with zero attached hydrogens (tertiary/aromatic N) is 3. The number of rotatable bonds is 4. The molecule has 1 aromatic carbocycles. The summed E-state index contributed by atoms with van der Waals surface area (Å²) >= 11 is 1.60. The summed E-state index contributed by atoms with van der Waals surface area (Å²) in [5.74, 6) is 0. The number of aromatic nitrogens is 2. The molecule has 108 valence electrons. The van der Waals surface area contributed by atoms with Crippen molar-refractivity contribution in [1.82, 2.24) is 9.38 Å². The van der Waals surface area contributed by atoms with Gasteiger partial charge in [-0.15, -0.1) is 11.3 Å². The van der Waals surface area contributed by atoms with Gasteiger partial charge in [-0.25, -0.2) is 4.98 Å². The van der Waals surface area contributed by atoms with E-state index in [4.69, 9.17) is 0 Å². The Bertz CT molecular complexity index is 822. The molecule has 0 radical (unpaired) electrons. The normalized spacial score (nSPS) is 11.0. The highest BCUT2D eigenvalue weighted by Gasteiger charge is 2.11. The second kappa shape index (κ2) is 5.17. The van der Waals surface area contributed by atoms with Crippen LogP contribution in [0.2, 0.25) is 0 Å². The van der Waals surface area contributed by atoms with Crippen LogP contribution in [0.4, 0.5) is 11.4 Å². The first kappa shape index (κ1) is 13.6. The van der Waals surface area contributed by atoms with Crippen LogP contribution in [0.5, 0.6) is 0 Å². The Morgan fingerprint density at radius 2 is 2.24 bits per heavy atom. The summed E-state index contributed by atoms with van der Waals surface area (Å²) in [4.78, 5) is 15.8. The van der Waals surface area contributed by atoms with E-state index in [9.17, 15) is 10.1 Å². The van der Waals surface area contributed by atoms with Crippen molar-refractivity contribution in [3.8, 4) is 0 Å². The number of aryl methyl sites for hydroxylation is 2. The molecule has 7 heteroatoms. The second-order valence-corrected chi connectivity index (χ2v) is 5.68. The molecule has 1 N–H and O–H groups in total. The number of nitrogens with one attached hydrogen (secondary N) is 1. The molecule has 0 spiro atoms. The quantitative estimate of drug-likeness (QED) is 0.591. The zero-order valence-electron chi connectivity index (χ0n) is 11.7. The van der Waals surface area contributed by atoms with Crippen molar-refractivity contribution in [3.05, 3.63) is 56.8 Å². The summed E-state index contributed by atoms with van der Waals surface area (Å²) in [6.07, 6.45) is 2.00. The van der Waals surface area contributed by atoms with E-state index in [-0.39, 0.29) is 10.6 Å². The number of imidazole rings is 1. The fraction of sp³-hybridized carbons (Fsp3) is 0.214. The molecule has 0 unspecified atom stereocenters. The maximum absolute atomic E-state index is 10.7. The number of fused-ring (bicyclic) bond motifs is 1. The van der Waals surface area contributed by atoms with Crippen LogP contribution in [0.15, 0.2) is 29.8 Å². The van der Waals surface area contributed by atoms with E-state index in [0.717, 1.165) is 27.6 Å². The number of benzene rings is 1. The lowest BCUT2D eigenvalue weighted by Gasteiger charge is -2.09. The van der Waals surface area contributed by atoms with Crippen LogP contribution >= 0.6 is 11.3 Å². The van der Waals surface area contributed by atoms with Gasteiger partial charge in [0.1, 0.15) is 0 Å². The molecule has 3 rings (SSSR count). The number of hydrogen-bond donors (Lipinski definition) is 1. The fourth-order valence-corrected chi connectivity index (χ4v) is 3.07. The first-order chi connectivity index (χ1) is 10.1. The van der Waals surface area contributed by atoms with Gasteiger partial charge in [-0.3, -0.25) is 14.5 Å². The Kier molecular flexibility index (Phi) is 3.34. The van der Waals surface area contributed by atoms with Crippen molar-refractivity contribution in [3.63, 3.8) is 0 Å². The van der Waals surface area contributed by atoms with E-state index >= 15 is 0 Å². The molecule has 21 heavy (non-hydrogen) atoms. The first-order valence-corrected chi connectivity index (χ1v) is 7.34. The smallest absolute Gasteiger partial charge is 0.269 e. The Morgan fingerprint density at radius 1 is 1.43 bits per heavy atom. The summed E-state index contributed by atoms with van der Waals surface area (Å²) in [6, 6.07) is 4.83. The van der Waals surface area contributed by atoms with Crippen LogP contribution in [0.1, 0.15) is 17.0 Å². The molecule has 0 saturated carbocycles. The largest absolute Gasteiger partial charge is 0.379 e. The number of nitro groups is 1. The van der Waals surface area contributed by atoms with E-state index < -0.39 is 0 Å². The molecule has 0 amide bonds. The van der Waals surface area contributed by atoms with Gasteiger partial charge in [-0.2, -0.15) is 0 Å². The second-order valence-electron chi connectivity index (χ2n) is 4.81. The van der Waals surface area contributed by atoms with Gasteiger partial charge in [-0.1, -0.05) is 0 Å². The average molecular weight is 302 g/mol. The SMILES string of the molecule is Cc1cc([N+](=O)[O-])ccc1NCc1c(C)nc2sccn12. The standard InChI is InChI=1S/C14H14N4O2S/c1-9-7-11(18(19)20)3-4-12(9)15-8-13-10(2)16-14-17(13)5-6-21-14/h3-7,15H,8H2,1-2H3. The van der Waals surface area contributed by atoms with Gasteiger partial charge < -0.3 is 5.32 Å². The van der Waals surface area contributed by atoms with Crippen molar-refractivity contribution in [2.24, 2.45) is 0 Å². The minimum absolute atomic E-state index is 0.110. The van der Waals surface area contributed by atoms with Crippen molar-refractivity contribution >= 4 is 27.7 Å². The summed E-state index contributed by atoms with van der Waals surface area (Å²) in [5.41, 5.74) is 3.95. The minimum atomic E-state index is -0.382. The maximum Gasteiger partial charge on any atom is 0.269 e. The molecular formula is C14H14N4O2S. The summed E-state index contributed by atoms with van der Waals surface area (Å²) in [5, 5.41) is 16.1. The molecule has 0 aliphatic rings. The third-order valence-corrected chi connectivity index (χ3v) is 4.18. The van der Waals surface area contributed by atoms with Crippen LogP contribution in [0.3, 0.4) is 0 Å². The highest BCUT2D eigenvalue weighted by atomic mass is 32.1. The van der Waals surface area contributed by atoms with Gasteiger partial charge in [0.25, 0.3) is 5.69 Å². The van der Waals surface area contributed by atoms with Crippen molar-refractivity contribution in [2.75, 3.05) is 5.32 Å². The van der Waals surface area contributed by atoms with Crippen molar-refractivity contribution < 1.29 is 4.92 Å². The lowest BCUT2D eigenvalue weighted by molar-refractivity contribution is -0.384. The Labute approximate surface area is 125 Å². The molecule has 0 aliphatic carbocycles. The van der Waals surface area contributed by atoms with Crippen LogP contribution in [0.25, 0.3) is 4.96 Å². The Morgan fingerprint density at radius 3 is 2.95 bits per heavy atom. The molecule has 0 bridgehead atoms. The molecule has 0 atom stereocenters. The van der Waals surface area contributed by atoms with Gasteiger partial charge in [0.05, 0.1) is 22.9 Å². The van der Waals surface area contributed by atoms with E-state index in [0.29, 0.717) is 6.54 Å². The van der Waals surface area contributed by atoms with E-state index in [2.05, 4.69) is 14.7 Å². The number of anilines is 1. The van der Waals surface area contributed by atoms with Crippen LogP contribution in [0, 0.1) is 24.0 Å². The monoisotopic (exact) mass is 302 g/mol. The number of thiazole rings is 1. The molecule has 6 nitrogen and oxygen atoms in total. The lowest BCUT2D eigenvalue weighted by Crippen LogP contribution is -2.05. The van der Waals surface area contributed by atoms with E-state index in [1.807, 2.05) is 25.4 Å². The number of non-ortho nitro benzene ring substituents is 1. The number of nitro benzene ring substituents is 1. The summed E-state index contributed by atoms with van der Waals surface area (Å²) in [6.45, 7) is 4.47. The van der Waals surface area contributed by atoms with Gasteiger partial charge in [-0.05, 0) is 25.5 Å². The summed E-state index contributed by atoms with van der Waals surface area (Å²) in [7, 11) is 0. The van der Waals surface area contributed by atoms with Crippen LogP contribution in [-0.4, -0.2) is 14.3 Å². The highest BCUT2D eigenvalue weighted by Crippen LogP contribution is 2.23. The zero-order valence-corrected chi connectivity index (χ0v) is 12.5. The lowest BCUT2D eigenvalue weighted by atomic mass is 10.1. The first-order valence-electron chi connectivity index (χ1n) is 6.46. The summed E-state index contributed by atoms with van der Waals surface area (Å²) < 4.78 is 2.06. The highest BCUT2D eigenvalue weighted by molar-refractivity contribution is 7.15. The fourth-order valence-electron chi connectivity index (χ4n) is 2.29. The number of hydrogen-bond acceptors (Lipinski definition) is 5. The van der Waals surface area contributed by atoms with Gasteiger partial charge in [0.2, 0.25) is 0 Å². The Hall–Kier alpha value is -2.41. The molecule has 3 aromatic rings. The predicted octanol–water partition coefficient (Wildman–Crippen LogP) is 3.53. The van der Waals surface area contributed by atoms with Gasteiger partial charge in [0, 0.05) is 29.4 Å². The topological polar surface area (TPSA) is 72.5 Å². The van der Waals surface area contributed by atoms with Gasteiger partial charge >= 0.3 is 0 Å². The van der Waals surface area contributed by atoms with Crippen LogP contribution < -0.4 is 5.32 Å². The molecule has 2 aromatic heterocycles. The molecule has 0 saturated heterocycles. The van der Waals surface area contributed by atoms with Crippen LogP contribution in [-0.2, 0) is 6.54 Å². The predicted molar refractivity (Wildman–Crippen MR) is 83.0 cm³/mol.